The van der Waals surface area contributed by atoms with E-state index in [1.165, 1.54) is 44.5 Å². The topological polar surface area (TPSA) is 33.4 Å². The minimum Gasteiger partial charge on any atom is -0.338 e. The van der Waals surface area contributed by atoms with Crippen LogP contribution in [0, 0.1) is 34.6 Å². The van der Waals surface area contributed by atoms with Crippen LogP contribution in [0.5, 0.6) is 0 Å². The zero-order chi connectivity index (χ0) is 22.6. The molecule has 0 amide bonds. The first-order valence-corrected chi connectivity index (χ1v) is 12.6. The lowest BCUT2D eigenvalue weighted by molar-refractivity contribution is 0.254. The summed E-state index contributed by atoms with van der Waals surface area (Å²) >= 11 is 1.90. The van der Waals surface area contributed by atoms with Gasteiger partial charge in [0, 0.05) is 29.4 Å². The van der Waals surface area contributed by atoms with Gasteiger partial charge in [-0.3, -0.25) is 9.98 Å². The summed E-state index contributed by atoms with van der Waals surface area (Å²) in [5.41, 5.74) is 10.3. The van der Waals surface area contributed by atoms with Crippen molar-refractivity contribution >= 4 is 16.9 Å². The second-order valence-electron chi connectivity index (χ2n) is 9.25. The summed E-state index contributed by atoms with van der Waals surface area (Å²) in [5, 5.41) is 1.19. The largest absolute Gasteiger partial charge is 0.338 e. The molecule has 0 aliphatic carbocycles. The zero-order valence-electron chi connectivity index (χ0n) is 19.9. The van der Waals surface area contributed by atoms with Crippen molar-refractivity contribution in [1.29, 1.82) is 0 Å². The summed E-state index contributed by atoms with van der Waals surface area (Å²) in [6, 6.07) is 13.9. The van der Waals surface area contributed by atoms with E-state index in [4.69, 9.17) is 9.98 Å². The number of nitrogens with zero attached hydrogens (tertiary/aromatic N) is 4. The molecule has 0 saturated carbocycles. The number of amidine groups is 1. The third-order valence-electron chi connectivity index (χ3n) is 6.98. The van der Waals surface area contributed by atoms with Crippen LogP contribution in [0.3, 0.4) is 0 Å². The lowest BCUT2D eigenvalue weighted by Crippen LogP contribution is -2.35. The fourth-order valence-corrected chi connectivity index (χ4v) is 6.98. The number of thioether (sulfide) groups is 1. The molecule has 2 aliphatic rings. The van der Waals surface area contributed by atoms with Crippen LogP contribution >= 0.6 is 11.8 Å². The number of fused-ring (bicyclic) bond motifs is 1. The third-order valence-corrected chi connectivity index (χ3v) is 8.10. The molecular weight excluding hydrogens is 412 g/mol. The van der Waals surface area contributed by atoms with Gasteiger partial charge in [0.1, 0.15) is 6.04 Å². The fourth-order valence-electron chi connectivity index (χ4n) is 5.64. The highest BCUT2D eigenvalue weighted by Crippen LogP contribution is 2.50. The summed E-state index contributed by atoms with van der Waals surface area (Å²) < 4.78 is 2.46. The van der Waals surface area contributed by atoms with E-state index in [1.54, 1.807) is 0 Å². The van der Waals surface area contributed by atoms with Crippen LogP contribution in [0.2, 0.25) is 0 Å². The SMILES string of the molecule is CC[C@@H]1CSC2=N[C@@H](c3ccccn3)[C@H](c3cc(C)n(-c4c(C)cc(C)cc4C)c3C)N21. The van der Waals surface area contributed by atoms with Crippen molar-refractivity contribution < 1.29 is 0 Å². The standard InChI is InChI=1S/C27H32N4S/c1-7-21-15-32-27-29-24(23-10-8-9-11-28-23)26(31(21)27)22-14-19(5)30(20(22)6)25-17(3)12-16(2)13-18(25)4/h8-14,21,24,26H,7,15H2,1-6H3/t21-,24+,26+/m1/s1. The van der Waals surface area contributed by atoms with Crippen molar-refractivity contribution in [3.05, 3.63) is 81.9 Å². The van der Waals surface area contributed by atoms with Crippen LogP contribution in [0.4, 0.5) is 0 Å². The maximum Gasteiger partial charge on any atom is 0.160 e. The van der Waals surface area contributed by atoms with Crippen LogP contribution in [-0.4, -0.2) is 31.4 Å². The van der Waals surface area contributed by atoms with E-state index < -0.39 is 0 Å². The molecule has 5 rings (SSSR count). The highest BCUT2D eigenvalue weighted by atomic mass is 32.2. The molecule has 1 fully saturated rings. The molecule has 0 spiro atoms. The maximum absolute atomic E-state index is 5.21. The van der Waals surface area contributed by atoms with E-state index >= 15 is 0 Å². The van der Waals surface area contributed by atoms with Crippen LogP contribution in [0.15, 0.2) is 47.6 Å². The van der Waals surface area contributed by atoms with E-state index in [1.807, 2.05) is 24.0 Å². The Morgan fingerprint density at radius 2 is 1.78 bits per heavy atom. The second-order valence-corrected chi connectivity index (χ2v) is 10.2. The predicted molar refractivity (Wildman–Crippen MR) is 135 cm³/mol. The Balaban J connectivity index is 1.67. The molecule has 3 aromatic rings. The van der Waals surface area contributed by atoms with E-state index in [9.17, 15) is 0 Å². The number of aryl methyl sites for hydroxylation is 4. The predicted octanol–water partition coefficient (Wildman–Crippen LogP) is 6.39. The van der Waals surface area contributed by atoms with Crippen molar-refractivity contribution in [2.75, 3.05) is 5.75 Å². The van der Waals surface area contributed by atoms with E-state index in [0.29, 0.717) is 6.04 Å². The molecule has 166 valence electrons. The third kappa shape index (κ3) is 3.29. The normalized spacial score (nSPS) is 22.4. The number of hydrogen-bond acceptors (Lipinski definition) is 4. The molecule has 0 bridgehead atoms. The van der Waals surface area contributed by atoms with Crippen molar-refractivity contribution in [2.45, 2.75) is 66.1 Å². The number of pyridine rings is 1. The Kier molecular flexibility index (Phi) is 5.40. The molecule has 1 saturated heterocycles. The lowest BCUT2D eigenvalue weighted by atomic mass is 9.95. The zero-order valence-corrected chi connectivity index (χ0v) is 20.7. The molecular formula is C27H32N4S. The average Bonchev–Trinajstić information content (AvgIpc) is 3.41. The highest BCUT2D eigenvalue weighted by molar-refractivity contribution is 8.14. The van der Waals surface area contributed by atoms with Crippen molar-refractivity contribution in [1.82, 2.24) is 14.5 Å². The van der Waals surface area contributed by atoms with Crippen LogP contribution < -0.4 is 0 Å². The van der Waals surface area contributed by atoms with Crippen molar-refractivity contribution in [2.24, 2.45) is 4.99 Å². The molecule has 4 heterocycles. The number of rotatable bonds is 4. The smallest absolute Gasteiger partial charge is 0.160 e. The van der Waals surface area contributed by atoms with Gasteiger partial charge in [-0.15, -0.1) is 0 Å². The number of benzene rings is 1. The molecule has 3 atom stereocenters. The van der Waals surface area contributed by atoms with E-state index in [2.05, 4.69) is 81.3 Å². The minimum atomic E-state index is 0.0298. The first-order chi connectivity index (χ1) is 15.4. The second kappa shape index (κ2) is 8.11. The van der Waals surface area contributed by atoms with Gasteiger partial charge >= 0.3 is 0 Å². The van der Waals surface area contributed by atoms with Crippen LogP contribution in [-0.2, 0) is 0 Å². The fraction of sp³-hybridized carbons (Fsp3) is 0.407. The van der Waals surface area contributed by atoms with Gasteiger partial charge < -0.3 is 9.47 Å². The minimum absolute atomic E-state index is 0.0298. The van der Waals surface area contributed by atoms with Gasteiger partial charge in [-0.1, -0.05) is 42.4 Å². The monoisotopic (exact) mass is 444 g/mol. The summed E-state index contributed by atoms with van der Waals surface area (Å²) in [7, 11) is 0. The molecule has 4 nitrogen and oxygen atoms in total. The van der Waals surface area contributed by atoms with Crippen molar-refractivity contribution in [3.63, 3.8) is 0 Å². The Morgan fingerprint density at radius 1 is 1.03 bits per heavy atom. The number of aromatic nitrogens is 2. The average molecular weight is 445 g/mol. The van der Waals surface area contributed by atoms with Gasteiger partial charge in [-0.25, -0.2) is 0 Å². The van der Waals surface area contributed by atoms with Gasteiger partial charge in [0.05, 0.1) is 17.4 Å². The Hall–Kier alpha value is -2.53. The first-order valence-electron chi connectivity index (χ1n) is 11.6. The summed E-state index contributed by atoms with van der Waals surface area (Å²) in [4.78, 5) is 12.5. The molecule has 2 aliphatic heterocycles. The Labute approximate surface area is 195 Å². The van der Waals surface area contributed by atoms with Crippen LogP contribution in [0.25, 0.3) is 5.69 Å². The molecule has 32 heavy (non-hydrogen) atoms. The molecule has 0 radical (unpaired) electrons. The molecule has 0 unspecified atom stereocenters. The number of hydrogen-bond donors (Lipinski definition) is 0. The van der Waals surface area contributed by atoms with Gasteiger partial charge in [-0.2, -0.15) is 0 Å². The maximum atomic E-state index is 5.21. The molecule has 2 aromatic heterocycles. The summed E-state index contributed by atoms with van der Waals surface area (Å²) in [6.07, 6.45) is 3.02. The van der Waals surface area contributed by atoms with Gasteiger partial charge in [0.25, 0.3) is 0 Å². The van der Waals surface area contributed by atoms with Gasteiger partial charge in [-0.05, 0) is 75.9 Å². The number of aliphatic imine (C=N–C) groups is 1. The van der Waals surface area contributed by atoms with E-state index in [-0.39, 0.29) is 12.1 Å². The van der Waals surface area contributed by atoms with Crippen LogP contribution in [0.1, 0.15) is 64.8 Å². The summed E-state index contributed by atoms with van der Waals surface area (Å²) in [6.45, 7) is 13.4. The Bertz CT molecular complexity index is 1170. The lowest BCUT2D eigenvalue weighted by Gasteiger charge is -2.32. The highest BCUT2D eigenvalue weighted by Gasteiger charge is 2.46. The molecule has 5 heteroatoms. The first kappa shape index (κ1) is 21.3. The van der Waals surface area contributed by atoms with Crippen molar-refractivity contribution in [3.8, 4) is 5.69 Å². The Morgan fingerprint density at radius 3 is 2.44 bits per heavy atom. The molecule has 1 aromatic carbocycles. The summed E-state index contributed by atoms with van der Waals surface area (Å²) in [5.74, 6) is 1.12. The molecule has 0 N–H and O–H groups in total. The van der Waals surface area contributed by atoms with Gasteiger partial charge in [0.2, 0.25) is 0 Å². The van der Waals surface area contributed by atoms with Gasteiger partial charge in [0.15, 0.2) is 5.17 Å². The van der Waals surface area contributed by atoms with E-state index in [0.717, 1.165) is 17.9 Å². The quantitative estimate of drug-likeness (QED) is 0.467.